The van der Waals surface area contributed by atoms with Crippen LogP contribution in [0.1, 0.15) is 43.0 Å². The monoisotopic (exact) mass is 236 g/mol. The second kappa shape index (κ2) is 3.64. The summed E-state index contributed by atoms with van der Waals surface area (Å²) in [6.07, 6.45) is 0. The first kappa shape index (κ1) is 10.9. The van der Waals surface area contributed by atoms with Crippen LogP contribution in [0.25, 0.3) is 0 Å². The van der Waals surface area contributed by atoms with E-state index in [2.05, 4.69) is 0 Å². The molecule has 0 atom stereocenters. The minimum atomic E-state index is -0.0491. The van der Waals surface area contributed by atoms with Crippen molar-refractivity contribution in [3.63, 3.8) is 0 Å². The molecule has 18 heavy (non-hydrogen) atoms. The van der Waals surface area contributed by atoms with E-state index in [1.807, 2.05) is 38.1 Å². The zero-order chi connectivity index (χ0) is 12.9. The van der Waals surface area contributed by atoms with Crippen LogP contribution in [-0.4, -0.2) is 11.6 Å². The van der Waals surface area contributed by atoms with Gasteiger partial charge in [0.2, 0.25) is 0 Å². The lowest BCUT2D eigenvalue weighted by molar-refractivity contribution is 0.0978. The van der Waals surface area contributed by atoms with E-state index in [-0.39, 0.29) is 11.6 Å². The number of carbonyl (C=O) groups excluding carboxylic acids is 2. The number of benzene rings is 2. The minimum Gasteiger partial charge on any atom is -0.289 e. The lowest BCUT2D eigenvalue weighted by atomic mass is 9.80. The van der Waals surface area contributed by atoms with Crippen LogP contribution in [0.2, 0.25) is 0 Å². The lowest BCUT2D eigenvalue weighted by Crippen LogP contribution is -2.22. The van der Waals surface area contributed by atoms with Crippen LogP contribution in [0.4, 0.5) is 0 Å². The molecule has 1 aliphatic rings. The molecule has 0 radical (unpaired) electrons. The Labute approximate surface area is 105 Å². The van der Waals surface area contributed by atoms with E-state index in [1.54, 1.807) is 12.1 Å². The van der Waals surface area contributed by atoms with E-state index >= 15 is 0 Å². The highest BCUT2D eigenvalue weighted by Gasteiger charge is 2.31. The van der Waals surface area contributed by atoms with Crippen molar-refractivity contribution in [2.45, 2.75) is 13.8 Å². The molecule has 0 fully saturated rings. The van der Waals surface area contributed by atoms with Gasteiger partial charge >= 0.3 is 0 Å². The smallest absolute Gasteiger partial charge is 0.195 e. The lowest BCUT2D eigenvalue weighted by Gasteiger charge is -2.20. The predicted molar refractivity (Wildman–Crippen MR) is 69.2 cm³/mol. The molecule has 0 aliphatic heterocycles. The SMILES string of the molecule is Cc1cccc2c1C(=O)c1c(C)cccc1C2=O. The molecule has 0 unspecified atom stereocenters. The first-order chi connectivity index (χ1) is 8.61. The molecule has 2 nitrogen and oxygen atoms in total. The molecule has 2 heteroatoms. The fourth-order valence-corrected chi connectivity index (χ4v) is 2.59. The van der Waals surface area contributed by atoms with Gasteiger partial charge in [-0.2, -0.15) is 0 Å². The van der Waals surface area contributed by atoms with Gasteiger partial charge < -0.3 is 0 Å². The van der Waals surface area contributed by atoms with E-state index in [9.17, 15) is 9.59 Å². The van der Waals surface area contributed by atoms with Gasteiger partial charge in [-0.25, -0.2) is 0 Å². The van der Waals surface area contributed by atoms with E-state index in [0.717, 1.165) is 11.1 Å². The maximum absolute atomic E-state index is 12.5. The quantitative estimate of drug-likeness (QED) is 0.601. The number of aryl methyl sites for hydroxylation is 2. The van der Waals surface area contributed by atoms with Crippen LogP contribution in [0.3, 0.4) is 0 Å². The topological polar surface area (TPSA) is 34.1 Å². The number of hydrogen-bond donors (Lipinski definition) is 0. The Hall–Kier alpha value is -2.22. The van der Waals surface area contributed by atoms with Gasteiger partial charge in [-0.05, 0) is 25.0 Å². The molecule has 0 saturated heterocycles. The normalized spacial score (nSPS) is 13.2. The Kier molecular flexibility index (Phi) is 2.20. The van der Waals surface area contributed by atoms with E-state index in [4.69, 9.17) is 0 Å². The molecular weight excluding hydrogens is 224 g/mol. The maximum atomic E-state index is 12.5. The number of rotatable bonds is 0. The van der Waals surface area contributed by atoms with Gasteiger partial charge in [0.1, 0.15) is 0 Å². The zero-order valence-electron chi connectivity index (χ0n) is 10.3. The third kappa shape index (κ3) is 1.29. The summed E-state index contributed by atoms with van der Waals surface area (Å²) in [6, 6.07) is 10.8. The molecule has 1 aliphatic carbocycles. The molecule has 3 rings (SSSR count). The Morgan fingerprint density at radius 3 is 1.56 bits per heavy atom. The van der Waals surface area contributed by atoms with Crippen LogP contribution < -0.4 is 0 Å². The third-order valence-electron chi connectivity index (χ3n) is 3.49. The largest absolute Gasteiger partial charge is 0.289 e. The second-order valence-corrected chi connectivity index (χ2v) is 4.65. The average Bonchev–Trinajstić information content (AvgIpc) is 2.35. The molecular formula is C16H12O2. The van der Waals surface area contributed by atoms with Gasteiger partial charge in [-0.1, -0.05) is 36.4 Å². The van der Waals surface area contributed by atoms with Gasteiger partial charge in [-0.3, -0.25) is 9.59 Å². The molecule has 0 spiro atoms. The van der Waals surface area contributed by atoms with Gasteiger partial charge in [0.25, 0.3) is 0 Å². The molecule has 0 heterocycles. The number of fused-ring (bicyclic) bond motifs is 2. The van der Waals surface area contributed by atoms with Crippen LogP contribution in [0.5, 0.6) is 0 Å². The molecule has 2 aromatic carbocycles. The predicted octanol–water partition coefficient (Wildman–Crippen LogP) is 3.08. The van der Waals surface area contributed by atoms with Crippen molar-refractivity contribution in [3.05, 3.63) is 69.8 Å². The van der Waals surface area contributed by atoms with Crippen molar-refractivity contribution in [2.75, 3.05) is 0 Å². The highest BCUT2D eigenvalue weighted by atomic mass is 16.1. The highest BCUT2D eigenvalue weighted by molar-refractivity contribution is 6.29. The summed E-state index contributed by atoms with van der Waals surface area (Å²) in [5, 5.41) is 0. The summed E-state index contributed by atoms with van der Waals surface area (Å²) in [5.41, 5.74) is 3.89. The van der Waals surface area contributed by atoms with Gasteiger partial charge in [0, 0.05) is 22.3 Å². The third-order valence-corrected chi connectivity index (χ3v) is 3.49. The van der Waals surface area contributed by atoms with Crippen molar-refractivity contribution >= 4 is 11.6 Å². The first-order valence-corrected chi connectivity index (χ1v) is 5.90. The fraction of sp³-hybridized carbons (Fsp3) is 0.125. The van der Waals surface area contributed by atoms with E-state index in [1.165, 1.54) is 0 Å². The van der Waals surface area contributed by atoms with Crippen molar-refractivity contribution in [3.8, 4) is 0 Å². The van der Waals surface area contributed by atoms with E-state index < -0.39 is 0 Å². The van der Waals surface area contributed by atoms with Crippen molar-refractivity contribution in [1.82, 2.24) is 0 Å². The molecule has 2 aromatic rings. The Balaban J connectivity index is 2.40. The summed E-state index contributed by atoms with van der Waals surface area (Å²) in [5.74, 6) is -0.0807. The zero-order valence-corrected chi connectivity index (χ0v) is 10.3. The van der Waals surface area contributed by atoms with Crippen LogP contribution in [0.15, 0.2) is 36.4 Å². The molecule has 0 amide bonds. The van der Waals surface area contributed by atoms with Gasteiger partial charge in [-0.15, -0.1) is 0 Å². The summed E-state index contributed by atoms with van der Waals surface area (Å²) < 4.78 is 0. The Morgan fingerprint density at radius 1 is 0.667 bits per heavy atom. The van der Waals surface area contributed by atoms with E-state index in [0.29, 0.717) is 22.3 Å². The second-order valence-electron chi connectivity index (χ2n) is 4.65. The fourth-order valence-electron chi connectivity index (χ4n) is 2.59. The van der Waals surface area contributed by atoms with Crippen molar-refractivity contribution in [1.29, 1.82) is 0 Å². The first-order valence-electron chi connectivity index (χ1n) is 5.90. The molecule has 88 valence electrons. The standard InChI is InChI=1S/C16H12O2/c1-9-5-3-7-11-13(9)16(18)14-10(2)6-4-8-12(14)15(11)17/h3-8H,1-2H3. The summed E-state index contributed by atoms with van der Waals surface area (Å²) in [4.78, 5) is 24.9. The van der Waals surface area contributed by atoms with Crippen molar-refractivity contribution in [2.24, 2.45) is 0 Å². The molecule has 0 N–H and O–H groups in total. The van der Waals surface area contributed by atoms with Gasteiger partial charge in [0.05, 0.1) is 0 Å². The summed E-state index contributed by atoms with van der Waals surface area (Å²) in [7, 11) is 0. The van der Waals surface area contributed by atoms with Crippen LogP contribution >= 0.6 is 0 Å². The summed E-state index contributed by atoms with van der Waals surface area (Å²) >= 11 is 0. The average molecular weight is 236 g/mol. The van der Waals surface area contributed by atoms with Crippen LogP contribution in [0, 0.1) is 13.8 Å². The summed E-state index contributed by atoms with van der Waals surface area (Å²) in [6.45, 7) is 3.74. The number of ketones is 2. The molecule has 0 aromatic heterocycles. The minimum absolute atomic E-state index is 0.0317. The Morgan fingerprint density at radius 2 is 1.11 bits per heavy atom. The number of hydrogen-bond acceptors (Lipinski definition) is 2. The van der Waals surface area contributed by atoms with Gasteiger partial charge in [0.15, 0.2) is 11.6 Å². The van der Waals surface area contributed by atoms with Crippen LogP contribution in [-0.2, 0) is 0 Å². The maximum Gasteiger partial charge on any atom is 0.195 e. The van der Waals surface area contributed by atoms with Crippen molar-refractivity contribution < 1.29 is 9.59 Å². The Bertz CT molecular complexity index is 639. The molecule has 0 saturated carbocycles. The number of carbonyl (C=O) groups is 2. The highest BCUT2D eigenvalue weighted by Crippen LogP contribution is 2.30. The molecule has 0 bridgehead atoms.